The summed E-state index contributed by atoms with van der Waals surface area (Å²) in [7, 11) is -5.33. The van der Waals surface area contributed by atoms with Crippen LogP contribution in [0.15, 0.2) is 42.5 Å². The fourth-order valence-electron chi connectivity index (χ4n) is 2.45. The van der Waals surface area contributed by atoms with E-state index in [1.165, 1.54) is 0 Å². The molecule has 0 aliphatic carbocycles. The number of hydrogen-bond acceptors (Lipinski definition) is 2. The van der Waals surface area contributed by atoms with Crippen LogP contribution < -0.4 is 0 Å². The lowest BCUT2D eigenvalue weighted by atomic mass is 9.96. The Balaban J connectivity index is 2.28. The molecule has 116 valence electrons. The fourth-order valence-corrected chi connectivity index (χ4v) is 3.64. The standard InChI is InChI=1S/C14H16F3NO2S/c1-11-7-8-13(9-12-5-3-2-4-6-12)18(10-11)21(19,20)14(15,16)17/h2-6,13H,1,7-10H2. The summed E-state index contributed by atoms with van der Waals surface area (Å²) in [5, 5.41) is 0. The van der Waals surface area contributed by atoms with Crippen molar-refractivity contribution in [1.82, 2.24) is 4.31 Å². The molecule has 2 rings (SSSR count). The minimum atomic E-state index is -5.33. The summed E-state index contributed by atoms with van der Waals surface area (Å²) in [6, 6.07) is 8.23. The van der Waals surface area contributed by atoms with Crippen LogP contribution in [0.5, 0.6) is 0 Å². The highest BCUT2D eigenvalue weighted by atomic mass is 32.2. The molecule has 1 atom stereocenters. The van der Waals surface area contributed by atoms with Gasteiger partial charge in [-0.1, -0.05) is 42.5 Å². The first-order chi connectivity index (χ1) is 9.72. The van der Waals surface area contributed by atoms with Gasteiger partial charge in [0, 0.05) is 12.6 Å². The van der Waals surface area contributed by atoms with Crippen LogP contribution in [0, 0.1) is 0 Å². The van der Waals surface area contributed by atoms with E-state index >= 15 is 0 Å². The molecule has 1 aliphatic heterocycles. The average Bonchev–Trinajstić information content (AvgIpc) is 2.40. The molecular formula is C14H16F3NO2S. The van der Waals surface area contributed by atoms with Crippen LogP contribution in [-0.2, 0) is 16.4 Å². The molecule has 0 radical (unpaired) electrons. The molecule has 0 spiro atoms. The average molecular weight is 319 g/mol. The summed E-state index contributed by atoms with van der Waals surface area (Å²) in [5.74, 6) is 0. The monoisotopic (exact) mass is 319 g/mol. The van der Waals surface area contributed by atoms with Crippen LogP contribution in [0.3, 0.4) is 0 Å². The van der Waals surface area contributed by atoms with Gasteiger partial charge in [-0.3, -0.25) is 0 Å². The summed E-state index contributed by atoms with van der Waals surface area (Å²) in [5.41, 5.74) is -3.95. The molecule has 0 saturated carbocycles. The summed E-state index contributed by atoms with van der Waals surface area (Å²) in [6.07, 6.45) is 1.16. The molecule has 3 nitrogen and oxygen atoms in total. The van der Waals surface area contributed by atoms with Crippen molar-refractivity contribution in [3.63, 3.8) is 0 Å². The van der Waals surface area contributed by atoms with Gasteiger partial charge in [0.2, 0.25) is 0 Å². The number of piperidine rings is 1. The molecular weight excluding hydrogens is 303 g/mol. The summed E-state index contributed by atoms with van der Waals surface area (Å²) >= 11 is 0. The fraction of sp³-hybridized carbons (Fsp3) is 0.429. The maximum atomic E-state index is 12.8. The Bertz CT molecular complexity index is 611. The van der Waals surface area contributed by atoms with Gasteiger partial charge in [-0.15, -0.1) is 0 Å². The largest absolute Gasteiger partial charge is 0.511 e. The predicted octanol–water partition coefficient (Wildman–Crippen LogP) is 3.10. The Kier molecular flexibility index (Phi) is 4.43. The number of benzene rings is 1. The molecule has 1 heterocycles. The zero-order valence-corrected chi connectivity index (χ0v) is 12.1. The van der Waals surface area contributed by atoms with Crippen molar-refractivity contribution in [1.29, 1.82) is 0 Å². The SMILES string of the molecule is C=C1CCC(Cc2ccccc2)N(S(=O)(=O)C(F)(F)F)C1. The van der Waals surface area contributed by atoms with Crippen LogP contribution in [0.4, 0.5) is 13.2 Å². The normalized spacial score (nSPS) is 21.5. The zero-order chi connectivity index (χ0) is 15.7. The van der Waals surface area contributed by atoms with Gasteiger partial charge in [0.05, 0.1) is 0 Å². The highest BCUT2D eigenvalue weighted by Crippen LogP contribution is 2.33. The molecule has 1 aliphatic rings. The second kappa shape index (κ2) is 5.81. The number of nitrogens with zero attached hydrogens (tertiary/aromatic N) is 1. The third-order valence-electron chi connectivity index (χ3n) is 3.53. The van der Waals surface area contributed by atoms with Crippen LogP contribution in [0.1, 0.15) is 18.4 Å². The van der Waals surface area contributed by atoms with Crippen molar-refractivity contribution in [3.05, 3.63) is 48.0 Å². The van der Waals surface area contributed by atoms with Crippen molar-refractivity contribution < 1.29 is 21.6 Å². The topological polar surface area (TPSA) is 37.4 Å². The van der Waals surface area contributed by atoms with E-state index in [0.29, 0.717) is 22.7 Å². The summed E-state index contributed by atoms with van der Waals surface area (Å²) < 4.78 is 62.4. The van der Waals surface area contributed by atoms with Crippen LogP contribution in [0.2, 0.25) is 0 Å². The van der Waals surface area contributed by atoms with Gasteiger partial charge in [-0.2, -0.15) is 17.5 Å². The van der Waals surface area contributed by atoms with Gasteiger partial charge < -0.3 is 0 Å². The number of halogens is 3. The Morgan fingerprint density at radius 2 is 1.86 bits per heavy atom. The van der Waals surface area contributed by atoms with Crippen molar-refractivity contribution in [2.75, 3.05) is 6.54 Å². The first-order valence-electron chi connectivity index (χ1n) is 6.50. The Labute approximate surface area is 122 Å². The third-order valence-corrected chi connectivity index (χ3v) is 5.16. The number of alkyl halides is 3. The van der Waals surface area contributed by atoms with Crippen molar-refractivity contribution in [2.45, 2.75) is 30.8 Å². The van der Waals surface area contributed by atoms with E-state index in [1.54, 1.807) is 30.3 Å². The molecule has 7 heteroatoms. The minimum Gasteiger partial charge on any atom is -0.203 e. The lowest BCUT2D eigenvalue weighted by Gasteiger charge is -2.36. The maximum Gasteiger partial charge on any atom is 0.511 e. The van der Waals surface area contributed by atoms with Gasteiger partial charge in [0.1, 0.15) is 0 Å². The number of rotatable bonds is 3. The van der Waals surface area contributed by atoms with Crippen molar-refractivity contribution in [3.8, 4) is 0 Å². The second-order valence-corrected chi connectivity index (χ2v) is 7.01. The van der Waals surface area contributed by atoms with Gasteiger partial charge in [-0.05, 0) is 24.8 Å². The van der Waals surface area contributed by atoms with Crippen LogP contribution >= 0.6 is 0 Å². The minimum absolute atomic E-state index is 0.265. The second-order valence-electron chi connectivity index (χ2n) is 5.13. The highest BCUT2D eigenvalue weighted by molar-refractivity contribution is 7.90. The Morgan fingerprint density at radius 3 is 2.43 bits per heavy atom. The first kappa shape index (κ1) is 16.0. The molecule has 21 heavy (non-hydrogen) atoms. The van der Waals surface area contributed by atoms with Gasteiger partial charge in [0.15, 0.2) is 0 Å². The van der Waals surface area contributed by atoms with Gasteiger partial charge >= 0.3 is 15.5 Å². The molecule has 1 fully saturated rings. The third kappa shape index (κ3) is 3.47. The van der Waals surface area contributed by atoms with E-state index in [4.69, 9.17) is 0 Å². The summed E-state index contributed by atoms with van der Waals surface area (Å²) in [4.78, 5) is 0. The smallest absolute Gasteiger partial charge is 0.203 e. The van der Waals surface area contributed by atoms with Gasteiger partial charge in [0.25, 0.3) is 0 Å². The lowest BCUT2D eigenvalue weighted by molar-refractivity contribution is -0.0502. The number of sulfonamides is 1. The highest BCUT2D eigenvalue weighted by Gasteiger charge is 2.52. The van der Waals surface area contributed by atoms with Gasteiger partial charge in [-0.25, -0.2) is 8.42 Å². The van der Waals surface area contributed by atoms with Crippen molar-refractivity contribution in [2.24, 2.45) is 0 Å². The predicted molar refractivity (Wildman–Crippen MR) is 74.0 cm³/mol. The van der Waals surface area contributed by atoms with E-state index in [9.17, 15) is 21.6 Å². The van der Waals surface area contributed by atoms with Crippen molar-refractivity contribution >= 4 is 10.0 Å². The van der Waals surface area contributed by atoms with Crippen LogP contribution in [-0.4, -0.2) is 30.8 Å². The summed E-state index contributed by atoms with van der Waals surface area (Å²) in [6.45, 7) is 3.36. The molecule has 1 aromatic rings. The molecule has 0 N–H and O–H groups in total. The molecule has 1 unspecified atom stereocenters. The molecule has 0 bridgehead atoms. The van der Waals surface area contributed by atoms with E-state index in [0.717, 1.165) is 5.56 Å². The maximum absolute atomic E-state index is 12.8. The van der Waals surface area contributed by atoms with E-state index in [-0.39, 0.29) is 13.0 Å². The lowest BCUT2D eigenvalue weighted by Crippen LogP contribution is -2.50. The quantitative estimate of drug-likeness (QED) is 0.803. The van der Waals surface area contributed by atoms with E-state index in [1.807, 2.05) is 0 Å². The number of hydrogen-bond donors (Lipinski definition) is 0. The van der Waals surface area contributed by atoms with E-state index < -0.39 is 21.6 Å². The Morgan fingerprint density at radius 1 is 1.24 bits per heavy atom. The first-order valence-corrected chi connectivity index (χ1v) is 7.94. The molecule has 1 aromatic carbocycles. The molecule has 1 saturated heterocycles. The van der Waals surface area contributed by atoms with Crippen LogP contribution in [0.25, 0.3) is 0 Å². The zero-order valence-electron chi connectivity index (χ0n) is 11.3. The van der Waals surface area contributed by atoms with E-state index in [2.05, 4.69) is 6.58 Å². The molecule has 0 aromatic heterocycles. The Hall–Kier alpha value is -1.34. The molecule has 0 amide bonds.